The average molecular weight is 345 g/mol. The Balaban J connectivity index is 1.74. The van der Waals surface area contributed by atoms with Crippen LogP contribution >= 0.6 is 11.3 Å². The van der Waals surface area contributed by atoms with E-state index in [1.54, 1.807) is 0 Å². The third-order valence-electron chi connectivity index (χ3n) is 4.31. The summed E-state index contributed by atoms with van der Waals surface area (Å²) < 4.78 is 5.45. The van der Waals surface area contributed by atoms with E-state index in [2.05, 4.69) is 11.9 Å². The minimum atomic E-state index is 0.00263. The van der Waals surface area contributed by atoms with Crippen molar-refractivity contribution in [3.8, 4) is 16.3 Å². The fourth-order valence-electron chi connectivity index (χ4n) is 3.02. The van der Waals surface area contributed by atoms with Gasteiger partial charge in [-0.1, -0.05) is 0 Å². The Morgan fingerprint density at radius 1 is 1.42 bits per heavy atom. The van der Waals surface area contributed by atoms with Gasteiger partial charge in [-0.3, -0.25) is 4.79 Å². The highest BCUT2D eigenvalue weighted by molar-refractivity contribution is 7.13. The van der Waals surface area contributed by atoms with E-state index in [1.807, 2.05) is 41.5 Å². The van der Waals surface area contributed by atoms with Crippen LogP contribution in [0.25, 0.3) is 10.6 Å². The molecule has 24 heavy (non-hydrogen) atoms. The summed E-state index contributed by atoms with van der Waals surface area (Å²) in [5.74, 6) is 0.843. The number of amides is 1. The summed E-state index contributed by atoms with van der Waals surface area (Å²) in [5.41, 5.74) is 7.49. The first-order chi connectivity index (χ1) is 11.6. The molecule has 1 aromatic carbocycles. The van der Waals surface area contributed by atoms with Crippen LogP contribution in [0.1, 0.15) is 37.2 Å². The second kappa shape index (κ2) is 7.32. The van der Waals surface area contributed by atoms with Crippen LogP contribution in [0.4, 0.5) is 0 Å². The van der Waals surface area contributed by atoms with Crippen LogP contribution in [0, 0.1) is 0 Å². The first-order valence-corrected chi connectivity index (χ1v) is 9.21. The molecule has 0 spiro atoms. The van der Waals surface area contributed by atoms with Crippen LogP contribution in [0.5, 0.6) is 5.75 Å². The molecule has 2 N–H and O–H groups in total. The number of thiazole rings is 1. The van der Waals surface area contributed by atoms with Crippen LogP contribution < -0.4 is 10.5 Å². The number of nitrogens with two attached hydrogens (primary N) is 1. The summed E-state index contributed by atoms with van der Waals surface area (Å²) in [7, 11) is 0. The molecule has 2 heterocycles. The molecule has 6 heteroatoms. The number of ether oxygens (including phenoxy) is 1. The Labute approximate surface area is 146 Å². The van der Waals surface area contributed by atoms with Gasteiger partial charge in [-0.05, 0) is 51.0 Å². The average Bonchev–Trinajstić information content (AvgIpc) is 3.05. The van der Waals surface area contributed by atoms with Gasteiger partial charge in [0.15, 0.2) is 0 Å². The minimum Gasteiger partial charge on any atom is -0.494 e. The van der Waals surface area contributed by atoms with Crippen molar-refractivity contribution in [3.63, 3.8) is 0 Å². The van der Waals surface area contributed by atoms with Crippen molar-refractivity contribution >= 4 is 17.2 Å². The lowest BCUT2D eigenvalue weighted by molar-refractivity contribution is 0.0614. The molecule has 0 aliphatic carbocycles. The first kappa shape index (κ1) is 16.9. The lowest BCUT2D eigenvalue weighted by Gasteiger charge is -2.35. The van der Waals surface area contributed by atoms with E-state index in [1.165, 1.54) is 11.3 Å². The third-order valence-corrected chi connectivity index (χ3v) is 5.20. The molecule has 0 unspecified atom stereocenters. The molecular weight excluding hydrogens is 322 g/mol. The molecule has 0 radical (unpaired) electrons. The van der Waals surface area contributed by atoms with Crippen LogP contribution in [0.15, 0.2) is 29.6 Å². The Hall–Kier alpha value is -1.92. The van der Waals surface area contributed by atoms with Gasteiger partial charge in [0, 0.05) is 29.6 Å². The molecule has 2 aromatic rings. The number of carbonyl (C=O) groups is 1. The van der Waals surface area contributed by atoms with Crippen molar-refractivity contribution in [2.45, 2.75) is 38.8 Å². The maximum absolute atomic E-state index is 12.7. The van der Waals surface area contributed by atoms with Gasteiger partial charge in [-0.15, -0.1) is 11.3 Å². The molecule has 5 nitrogen and oxygen atoms in total. The van der Waals surface area contributed by atoms with Gasteiger partial charge in [-0.2, -0.15) is 0 Å². The quantitative estimate of drug-likeness (QED) is 0.924. The molecule has 1 aliphatic heterocycles. The van der Waals surface area contributed by atoms with Gasteiger partial charge in [0.2, 0.25) is 0 Å². The number of hydrogen-bond donors (Lipinski definition) is 1. The monoisotopic (exact) mass is 345 g/mol. The number of rotatable bonds is 4. The van der Waals surface area contributed by atoms with Crippen molar-refractivity contribution in [1.29, 1.82) is 0 Å². The smallest absolute Gasteiger partial charge is 0.273 e. The Kier molecular flexibility index (Phi) is 5.16. The Morgan fingerprint density at radius 2 is 2.17 bits per heavy atom. The van der Waals surface area contributed by atoms with Crippen molar-refractivity contribution in [2.75, 3.05) is 13.2 Å². The molecule has 1 fully saturated rings. The summed E-state index contributed by atoms with van der Waals surface area (Å²) in [4.78, 5) is 19.1. The first-order valence-electron chi connectivity index (χ1n) is 8.33. The maximum atomic E-state index is 12.7. The molecule has 0 bridgehead atoms. The van der Waals surface area contributed by atoms with Gasteiger partial charge in [-0.25, -0.2) is 4.98 Å². The zero-order chi connectivity index (χ0) is 17.1. The predicted molar refractivity (Wildman–Crippen MR) is 96.4 cm³/mol. The molecule has 1 aromatic heterocycles. The topological polar surface area (TPSA) is 68.5 Å². The lowest BCUT2D eigenvalue weighted by atomic mass is 9.99. The largest absolute Gasteiger partial charge is 0.494 e. The van der Waals surface area contributed by atoms with E-state index in [-0.39, 0.29) is 18.0 Å². The summed E-state index contributed by atoms with van der Waals surface area (Å²) in [6, 6.07) is 8.16. The van der Waals surface area contributed by atoms with Gasteiger partial charge >= 0.3 is 0 Å². The van der Waals surface area contributed by atoms with E-state index in [0.717, 1.165) is 29.2 Å². The highest BCUT2D eigenvalue weighted by Gasteiger charge is 2.29. The number of benzene rings is 1. The molecule has 1 amide bonds. The fraction of sp³-hybridized carbons (Fsp3) is 0.444. The second-order valence-corrected chi connectivity index (χ2v) is 6.99. The van der Waals surface area contributed by atoms with Crippen LogP contribution in [0.2, 0.25) is 0 Å². The van der Waals surface area contributed by atoms with E-state index in [0.29, 0.717) is 18.8 Å². The third kappa shape index (κ3) is 3.60. The molecule has 1 aliphatic rings. The summed E-state index contributed by atoms with van der Waals surface area (Å²) in [6.07, 6.45) is 1.70. The van der Waals surface area contributed by atoms with Crippen LogP contribution in [-0.4, -0.2) is 41.0 Å². The summed E-state index contributed by atoms with van der Waals surface area (Å²) in [5, 5.41) is 2.69. The lowest BCUT2D eigenvalue weighted by Crippen LogP contribution is -2.48. The van der Waals surface area contributed by atoms with Crippen molar-refractivity contribution in [2.24, 2.45) is 5.73 Å². The zero-order valence-electron chi connectivity index (χ0n) is 14.1. The SMILES string of the molecule is CCOc1ccc(-c2nc(C(=O)N3CC[C@@H](N)C[C@H]3C)cs2)cc1. The number of hydrogen-bond acceptors (Lipinski definition) is 5. The molecule has 128 valence electrons. The molecule has 1 saturated heterocycles. The van der Waals surface area contributed by atoms with Gasteiger partial charge in [0.25, 0.3) is 5.91 Å². The van der Waals surface area contributed by atoms with Crippen molar-refractivity contribution < 1.29 is 9.53 Å². The second-order valence-electron chi connectivity index (χ2n) is 6.13. The number of piperidine rings is 1. The maximum Gasteiger partial charge on any atom is 0.273 e. The van der Waals surface area contributed by atoms with Gasteiger partial charge in [0.1, 0.15) is 16.5 Å². The summed E-state index contributed by atoms with van der Waals surface area (Å²) >= 11 is 1.49. The standard InChI is InChI=1S/C18H23N3O2S/c1-3-23-15-6-4-13(5-7-15)17-20-16(11-24-17)18(22)21-9-8-14(19)10-12(21)2/h4-7,11-12,14H,3,8-10,19H2,1-2H3/t12-,14-/m1/s1. The number of nitrogens with zero attached hydrogens (tertiary/aromatic N) is 2. The fourth-order valence-corrected chi connectivity index (χ4v) is 3.82. The van der Waals surface area contributed by atoms with Gasteiger partial charge in [0.05, 0.1) is 6.61 Å². The number of likely N-dealkylation sites (tertiary alicyclic amines) is 1. The van der Waals surface area contributed by atoms with Crippen LogP contribution in [-0.2, 0) is 0 Å². The zero-order valence-corrected chi connectivity index (χ0v) is 14.9. The number of carbonyl (C=O) groups excluding carboxylic acids is 1. The normalized spacial score (nSPS) is 20.9. The van der Waals surface area contributed by atoms with Crippen molar-refractivity contribution in [1.82, 2.24) is 9.88 Å². The summed E-state index contributed by atoms with van der Waals surface area (Å²) in [6.45, 7) is 5.36. The van der Waals surface area contributed by atoms with E-state index in [9.17, 15) is 4.79 Å². The Bertz CT molecular complexity index is 699. The Morgan fingerprint density at radius 3 is 2.83 bits per heavy atom. The highest BCUT2D eigenvalue weighted by atomic mass is 32.1. The molecule has 0 saturated carbocycles. The van der Waals surface area contributed by atoms with E-state index < -0.39 is 0 Å². The van der Waals surface area contributed by atoms with E-state index in [4.69, 9.17) is 10.5 Å². The minimum absolute atomic E-state index is 0.00263. The molecule has 2 atom stereocenters. The molecular formula is C18H23N3O2S. The predicted octanol–water partition coefficient (Wildman–Crippen LogP) is 3.16. The van der Waals surface area contributed by atoms with Crippen LogP contribution in [0.3, 0.4) is 0 Å². The highest BCUT2D eigenvalue weighted by Crippen LogP contribution is 2.27. The van der Waals surface area contributed by atoms with Gasteiger partial charge < -0.3 is 15.4 Å². The number of aromatic nitrogens is 1. The van der Waals surface area contributed by atoms with Crippen molar-refractivity contribution in [3.05, 3.63) is 35.3 Å². The molecule has 3 rings (SSSR count). The van der Waals surface area contributed by atoms with E-state index >= 15 is 0 Å².